The van der Waals surface area contributed by atoms with Crippen molar-refractivity contribution in [1.82, 2.24) is 4.90 Å². The van der Waals surface area contributed by atoms with Crippen LogP contribution in [0, 0.1) is 11.8 Å². The first-order valence-corrected chi connectivity index (χ1v) is 9.54. The third-order valence-electron chi connectivity index (χ3n) is 5.89. The van der Waals surface area contributed by atoms with Crippen LogP contribution in [-0.2, 0) is 13.0 Å². The van der Waals surface area contributed by atoms with Crippen LogP contribution in [0.25, 0.3) is 0 Å². The smallest absolute Gasteiger partial charge is 0.0471 e. The molecular formula is C22H28N2O. The minimum absolute atomic E-state index is 0.219. The van der Waals surface area contributed by atoms with Crippen molar-refractivity contribution < 1.29 is 5.11 Å². The van der Waals surface area contributed by atoms with Crippen LogP contribution in [-0.4, -0.2) is 35.7 Å². The van der Waals surface area contributed by atoms with Crippen molar-refractivity contribution in [2.75, 3.05) is 25.0 Å². The van der Waals surface area contributed by atoms with Crippen LogP contribution in [0.15, 0.2) is 54.6 Å². The van der Waals surface area contributed by atoms with Crippen molar-refractivity contribution in [3.8, 4) is 0 Å². The highest BCUT2D eigenvalue weighted by atomic mass is 16.2. The van der Waals surface area contributed by atoms with E-state index in [-0.39, 0.29) is 6.61 Å². The summed E-state index contributed by atoms with van der Waals surface area (Å²) in [5.41, 5.74) is 3.84. The molecule has 0 aromatic heterocycles. The number of rotatable bonds is 6. The van der Waals surface area contributed by atoms with E-state index in [1.807, 2.05) is 0 Å². The molecule has 2 N–H and O–H groups in total. The van der Waals surface area contributed by atoms with Crippen molar-refractivity contribution >= 4 is 5.69 Å². The summed E-state index contributed by atoms with van der Waals surface area (Å²) in [5, 5.41) is 12.8. The highest BCUT2D eigenvalue weighted by Gasteiger charge is 2.42. The zero-order valence-electron chi connectivity index (χ0n) is 14.8. The lowest BCUT2D eigenvalue weighted by Gasteiger charge is -2.23. The van der Waals surface area contributed by atoms with Gasteiger partial charge in [-0.05, 0) is 54.4 Å². The van der Waals surface area contributed by atoms with Crippen LogP contribution in [0.4, 0.5) is 5.69 Å². The van der Waals surface area contributed by atoms with Crippen LogP contribution in [0.2, 0.25) is 0 Å². The van der Waals surface area contributed by atoms with Crippen molar-refractivity contribution in [2.24, 2.45) is 11.8 Å². The maximum atomic E-state index is 9.03. The molecule has 2 fully saturated rings. The molecule has 1 saturated carbocycles. The van der Waals surface area contributed by atoms with E-state index in [2.05, 4.69) is 64.8 Å². The first-order valence-electron chi connectivity index (χ1n) is 9.54. The predicted molar refractivity (Wildman–Crippen MR) is 103 cm³/mol. The van der Waals surface area contributed by atoms with E-state index in [9.17, 15) is 0 Å². The Hall–Kier alpha value is -1.84. The molecular weight excluding hydrogens is 308 g/mol. The van der Waals surface area contributed by atoms with Gasteiger partial charge in [-0.2, -0.15) is 0 Å². The number of benzene rings is 2. The van der Waals surface area contributed by atoms with E-state index in [0.717, 1.165) is 24.8 Å². The van der Waals surface area contributed by atoms with Gasteiger partial charge in [-0.1, -0.05) is 42.5 Å². The maximum Gasteiger partial charge on any atom is 0.0471 e. The molecule has 1 aliphatic heterocycles. The van der Waals surface area contributed by atoms with Gasteiger partial charge < -0.3 is 10.4 Å². The Balaban J connectivity index is 1.35. The molecule has 2 aliphatic rings. The second-order valence-electron chi connectivity index (χ2n) is 7.60. The van der Waals surface area contributed by atoms with Crippen LogP contribution in [0.3, 0.4) is 0 Å². The number of aliphatic hydroxyl groups excluding tert-OH is 1. The normalized spacial score (nSPS) is 25.9. The van der Waals surface area contributed by atoms with Gasteiger partial charge in [0.1, 0.15) is 0 Å². The molecule has 132 valence electrons. The summed E-state index contributed by atoms with van der Waals surface area (Å²) in [6.45, 7) is 3.75. The summed E-state index contributed by atoms with van der Waals surface area (Å²) in [7, 11) is 0. The molecule has 3 atom stereocenters. The molecule has 0 amide bonds. The summed E-state index contributed by atoms with van der Waals surface area (Å²) in [6.07, 6.45) is 3.37. The molecule has 2 aromatic rings. The van der Waals surface area contributed by atoms with Gasteiger partial charge in [0, 0.05) is 38.0 Å². The van der Waals surface area contributed by atoms with Gasteiger partial charge in [0.2, 0.25) is 0 Å². The van der Waals surface area contributed by atoms with E-state index in [0.29, 0.717) is 6.04 Å². The van der Waals surface area contributed by atoms with Crippen molar-refractivity contribution in [1.29, 1.82) is 0 Å². The number of anilines is 1. The lowest BCUT2D eigenvalue weighted by Crippen LogP contribution is -2.29. The molecule has 1 heterocycles. The zero-order chi connectivity index (χ0) is 17.1. The van der Waals surface area contributed by atoms with Crippen molar-refractivity contribution in [2.45, 2.75) is 31.8 Å². The van der Waals surface area contributed by atoms with Crippen LogP contribution in [0.1, 0.15) is 24.0 Å². The molecule has 4 rings (SSSR count). The average molecular weight is 336 g/mol. The van der Waals surface area contributed by atoms with Gasteiger partial charge in [-0.3, -0.25) is 4.90 Å². The molecule has 3 unspecified atom stereocenters. The van der Waals surface area contributed by atoms with Gasteiger partial charge in [0.25, 0.3) is 0 Å². The van der Waals surface area contributed by atoms with Gasteiger partial charge >= 0.3 is 0 Å². The summed E-state index contributed by atoms with van der Waals surface area (Å²) in [5.74, 6) is 1.61. The SMILES string of the molecule is OCCc1ccc(NC2CCC3CN(Cc4ccccc4)CC32)cc1. The molecule has 2 aromatic carbocycles. The molecule has 25 heavy (non-hydrogen) atoms. The van der Waals surface area contributed by atoms with E-state index >= 15 is 0 Å². The van der Waals surface area contributed by atoms with Gasteiger partial charge in [0.15, 0.2) is 0 Å². The highest BCUT2D eigenvalue weighted by molar-refractivity contribution is 5.46. The molecule has 0 bridgehead atoms. The van der Waals surface area contributed by atoms with Gasteiger partial charge in [-0.15, -0.1) is 0 Å². The first-order chi connectivity index (χ1) is 12.3. The molecule has 0 spiro atoms. The van der Waals surface area contributed by atoms with Crippen molar-refractivity contribution in [3.05, 3.63) is 65.7 Å². The van der Waals surface area contributed by atoms with E-state index < -0.39 is 0 Å². The summed E-state index contributed by atoms with van der Waals surface area (Å²) in [4.78, 5) is 2.63. The number of hydrogen-bond donors (Lipinski definition) is 2. The van der Waals surface area contributed by atoms with Crippen molar-refractivity contribution in [3.63, 3.8) is 0 Å². The first kappa shape index (κ1) is 16.6. The van der Waals surface area contributed by atoms with Crippen LogP contribution in [0.5, 0.6) is 0 Å². The standard InChI is InChI=1S/C22H28N2O/c25-13-12-17-6-9-20(10-7-17)23-22-11-8-19-15-24(16-21(19)22)14-18-4-2-1-3-5-18/h1-7,9-10,19,21-23,25H,8,11-16H2. The van der Waals surface area contributed by atoms with Gasteiger partial charge in [-0.25, -0.2) is 0 Å². The fourth-order valence-electron chi connectivity index (χ4n) is 4.62. The highest BCUT2D eigenvalue weighted by Crippen LogP contribution is 2.40. The third-order valence-corrected chi connectivity index (χ3v) is 5.89. The second-order valence-corrected chi connectivity index (χ2v) is 7.60. The number of fused-ring (bicyclic) bond motifs is 1. The van der Waals surface area contributed by atoms with E-state index in [4.69, 9.17) is 5.11 Å². The summed E-state index contributed by atoms with van der Waals surface area (Å²) < 4.78 is 0. The Morgan fingerprint density at radius 1 is 0.920 bits per heavy atom. The molecule has 3 nitrogen and oxygen atoms in total. The van der Waals surface area contributed by atoms with E-state index in [1.54, 1.807) is 0 Å². The Kier molecular flexibility index (Phi) is 5.04. The Morgan fingerprint density at radius 2 is 1.72 bits per heavy atom. The molecule has 3 heteroatoms. The molecule has 1 aliphatic carbocycles. The molecule has 0 radical (unpaired) electrons. The predicted octanol–water partition coefficient (Wildman–Crippen LogP) is 3.54. The van der Waals surface area contributed by atoms with Crippen LogP contribution < -0.4 is 5.32 Å². The van der Waals surface area contributed by atoms with E-state index in [1.165, 1.54) is 42.7 Å². The maximum absolute atomic E-state index is 9.03. The summed E-state index contributed by atoms with van der Waals surface area (Å²) >= 11 is 0. The number of nitrogens with one attached hydrogen (secondary N) is 1. The lowest BCUT2D eigenvalue weighted by atomic mass is 9.97. The Labute approximate surface area is 150 Å². The monoisotopic (exact) mass is 336 g/mol. The number of aliphatic hydroxyl groups is 1. The summed E-state index contributed by atoms with van der Waals surface area (Å²) in [6, 6.07) is 20.0. The lowest BCUT2D eigenvalue weighted by molar-refractivity contribution is 0.299. The number of nitrogens with zero attached hydrogens (tertiary/aromatic N) is 1. The third kappa shape index (κ3) is 3.88. The second kappa shape index (κ2) is 7.59. The Morgan fingerprint density at radius 3 is 2.48 bits per heavy atom. The topological polar surface area (TPSA) is 35.5 Å². The van der Waals surface area contributed by atoms with Gasteiger partial charge in [0.05, 0.1) is 0 Å². The minimum atomic E-state index is 0.219. The average Bonchev–Trinajstić information content (AvgIpc) is 3.19. The minimum Gasteiger partial charge on any atom is -0.396 e. The number of likely N-dealkylation sites (tertiary alicyclic amines) is 1. The molecule has 1 saturated heterocycles. The van der Waals surface area contributed by atoms with Crippen LogP contribution >= 0.6 is 0 Å². The number of hydrogen-bond acceptors (Lipinski definition) is 3. The zero-order valence-corrected chi connectivity index (χ0v) is 14.8. The Bertz CT molecular complexity index is 670. The fourth-order valence-corrected chi connectivity index (χ4v) is 4.62. The quantitative estimate of drug-likeness (QED) is 0.847. The fraction of sp³-hybridized carbons (Fsp3) is 0.455. The largest absolute Gasteiger partial charge is 0.396 e.